The molecule has 0 radical (unpaired) electrons. The third-order valence-electron chi connectivity index (χ3n) is 2.41. The summed E-state index contributed by atoms with van der Waals surface area (Å²) in [6.45, 7) is 3.55. The van der Waals surface area contributed by atoms with Crippen molar-refractivity contribution < 1.29 is 13.2 Å². The first kappa shape index (κ1) is 15.5. The number of nitrogen functional groups attached to an aromatic ring is 1. The van der Waals surface area contributed by atoms with Gasteiger partial charge in [-0.15, -0.1) is 0 Å². The summed E-state index contributed by atoms with van der Waals surface area (Å²) >= 11 is 0. The zero-order valence-corrected chi connectivity index (χ0v) is 12.3. The molecule has 0 aromatic carbocycles. The van der Waals surface area contributed by atoms with Gasteiger partial charge >= 0.3 is 0 Å². The van der Waals surface area contributed by atoms with Crippen LogP contribution in [-0.4, -0.2) is 37.2 Å². The molecule has 0 saturated carbocycles. The Morgan fingerprint density at radius 2 is 2.05 bits per heavy atom. The minimum absolute atomic E-state index is 0.171. The minimum atomic E-state index is -3.32. The van der Waals surface area contributed by atoms with E-state index in [0.29, 0.717) is 11.4 Å². The monoisotopic (exact) mass is 288 g/mol. The fraction of sp³-hybridized carbons (Fsp3) is 0.545. The summed E-state index contributed by atoms with van der Waals surface area (Å²) in [7, 11) is -1.61. The number of nitrogens with one attached hydrogen (secondary N) is 2. The predicted molar refractivity (Wildman–Crippen MR) is 74.2 cm³/mol. The first-order valence-electron chi connectivity index (χ1n) is 5.69. The lowest BCUT2D eigenvalue weighted by Gasteiger charge is -2.25. The summed E-state index contributed by atoms with van der Waals surface area (Å²) in [5.41, 5.74) is 5.75. The van der Waals surface area contributed by atoms with Gasteiger partial charge in [-0.2, -0.15) is 0 Å². The van der Waals surface area contributed by atoms with Gasteiger partial charge in [0.25, 0.3) is 5.91 Å². The van der Waals surface area contributed by atoms with E-state index in [2.05, 4.69) is 10.0 Å². The molecule has 0 spiro atoms. The van der Waals surface area contributed by atoms with E-state index in [1.54, 1.807) is 37.7 Å². The highest BCUT2D eigenvalue weighted by atomic mass is 32.2. The molecular formula is C11H20N4O3S. The van der Waals surface area contributed by atoms with Crippen LogP contribution in [0.2, 0.25) is 0 Å². The van der Waals surface area contributed by atoms with Gasteiger partial charge in [-0.3, -0.25) is 4.79 Å². The molecule has 1 aromatic heterocycles. The van der Waals surface area contributed by atoms with Crippen LogP contribution in [0.3, 0.4) is 0 Å². The Morgan fingerprint density at radius 3 is 2.47 bits per heavy atom. The molecule has 1 aromatic rings. The summed E-state index contributed by atoms with van der Waals surface area (Å²) in [5, 5.41) is 2.67. The van der Waals surface area contributed by atoms with E-state index in [1.165, 1.54) is 0 Å². The third kappa shape index (κ3) is 4.92. The van der Waals surface area contributed by atoms with E-state index in [0.717, 1.165) is 6.26 Å². The van der Waals surface area contributed by atoms with Gasteiger partial charge in [0.2, 0.25) is 10.0 Å². The van der Waals surface area contributed by atoms with Crippen molar-refractivity contribution in [1.82, 2.24) is 14.6 Å². The Morgan fingerprint density at radius 1 is 1.47 bits per heavy atom. The number of aryl methyl sites for hydroxylation is 1. The summed E-state index contributed by atoms with van der Waals surface area (Å²) in [6, 6.07) is 1.56. The normalized spacial score (nSPS) is 12.4. The highest BCUT2D eigenvalue weighted by molar-refractivity contribution is 7.88. The van der Waals surface area contributed by atoms with E-state index in [9.17, 15) is 13.2 Å². The molecule has 108 valence electrons. The molecule has 19 heavy (non-hydrogen) atoms. The average molecular weight is 288 g/mol. The van der Waals surface area contributed by atoms with Crippen molar-refractivity contribution in [3.05, 3.63) is 18.0 Å². The second-order valence-electron chi connectivity index (χ2n) is 5.21. The number of hydrogen-bond donors (Lipinski definition) is 3. The smallest absolute Gasteiger partial charge is 0.268 e. The number of carbonyl (C=O) groups is 1. The van der Waals surface area contributed by atoms with Crippen molar-refractivity contribution in [3.63, 3.8) is 0 Å². The molecule has 0 saturated heterocycles. The van der Waals surface area contributed by atoms with Gasteiger partial charge in [-0.1, -0.05) is 0 Å². The van der Waals surface area contributed by atoms with Crippen molar-refractivity contribution in [2.24, 2.45) is 7.05 Å². The molecule has 1 rings (SSSR count). The summed E-state index contributed by atoms with van der Waals surface area (Å²) in [6.07, 6.45) is 2.71. The Kier molecular flexibility index (Phi) is 4.26. The number of carbonyl (C=O) groups excluding carboxylic acids is 1. The lowest BCUT2D eigenvalue weighted by Crippen LogP contribution is -2.51. The summed E-state index contributed by atoms with van der Waals surface area (Å²) < 4.78 is 26.4. The molecule has 0 fully saturated rings. The molecule has 1 heterocycles. The van der Waals surface area contributed by atoms with Gasteiger partial charge in [-0.25, -0.2) is 13.1 Å². The van der Waals surface area contributed by atoms with E-state index in [4.69, 9.17) is 5.73 Å². The zero-order valence-electron chi connectivity index (χ0n) is 11.5. The molecule has 7 nitrogen and oxygen atoms in total. The fourth-order valence-electron chi connectivity index (χ4n) is 1.75. The molecule has 0 unspecified atom stereocenters. The van der Waals surface area contributed by atoms with E-state index in [1.807, 2.05) is 0 Å². The quantitative estimate of drug-likeness (QED) is 0.689. The van der Waals surface area contributed by atoms with Crippen LogP contribution in [0.15, 0.2) is 12.3 Å². The maximum Gasteiger partial charge on any atom is 0.268 e. The molecule has 0 aliphatic rings. The van der Waals surface area contributed by atoms with Crippen LogP contribution in [-0.2, 0) is 17.1 Å². The Labute approximate surface area is 113 Å². The fourth-order valence-corrected chi connectivity index (χ4v) is 2.82. The predicted octanol–water partition coefficient (Wildman–Crippen LogP) is -0.335. The number of nitrogens with two attached hydrogens (primary N) is 1. The largest absolute Gasteiger partial charge is 0.397 e. The molecule has 4 N–H and O–H groups in total. The van der Waals surface area contributed by atoms with Crippen LogP contribution in [0.4, 0.5) is 5.69 Å². The number of sulfonamides is 1. The Balaban J connectivity index is 2.67. The standard InChI is InChI=1S/C11H20N4O3S/c1-11(2,14-19(4,17)18)7-13-10(16)9-5-8(12)6-15(9)3/h5-6,14H,7,12H2,1-4H3,(H,13,16). The second-order valence-corrected chi connectivity index (χ2v) is 6.96. The topological polar surface area (TPSA) is 106 Å². The first-order chi connectivity index (χ1) is 8.50. The van der Waals surface area contributed by atoms with Crippen LogP contribution in [0, 0.1) is 0 Å². The number of aromatic nitrogens is 1. The lowest BCUT2D eigenvalue weighted by atomic mass is 10.1. The van der Waals surface area contributed by atoms with Gasteiger partial charge in [0.1, 0.15) is 5.69 Å². The van der Waals surface area contributed by atoms with Crippen molar-refractivity contribution in [2.45, 2.75) is 19.4 Å². The summed E-state index contributed by atoms with van der Waals surface area (Å²) in [4.78, 5) is 11.9. The van der Waals surface area contributed by atoms with Crippen molar-refractivity contribution in [1.29, 1.82) is 0 Å². The van der Waals surface area contributed by atoms with Gasteiger partial charge in [0.05, 0.1) is 11.9 Å². The Bertz CT molecular complexity index is 575. The lowest BCUT2D eigenvalue weighted by molar-refractivity contribution is 0.0936. The molecule has 1 amide bonds. The van der Waals surface area contributed by atoms with Gasteiger partial charge < -0.3 is 15.6 Å². The molecule has 0 aliphatic carbocycles. The van der Waals surface area contributed by atoms with E-state index in [-0.39, 0.29) is 12.5 Å². The third-order valence-corrected chi connectivity index (χ3v) is 3.33. The molecule has 0 atom stereocenters. The van der Waals surface area contributed by atoms with Crippen LogP contribution < -0.4 is 15.8 Å². The maximum atomic E-state index is 11.9. The zero-order chi connectivity index (χ0) is 14.8. The maximum absolute atomic E-state index is 11.9. The molecule has 0 aliphatic heterocycles. The van der Waals surface area contributed by atoms with Crippen molar-refractivity contribution in [3.8, 4) is 0 Å². The van der Waals surface area contributed by atoms with Crippen molar-refractivity contribution >= 4 is 21.6 Å². The SMILES string of the molecule is Cn1cc(N)cc1C(=O)NCC(C)(C)NS(C)(=O)=O. The van der Waals surface area contributed by atoms with Crippen LogP contribution in [0.1, 0.15) is 24.3 Å². The first-order valence-corrected chi connectivity index (χ1v) is 7.58. The van der Waals surface area contributed by atoms with Gasteiger partial charge in [-0.05, 0) is 19.9 Å². The van der Waals surface area contributed by atoms with Crippen LogP contribution in [0.5, 0.6) is 0 Å². The Hall–Kier alpha value is -1.54. The molecule has 0 bridgehead atoms. The van der Waals surface area contributed by atoms with Gasteiger partial charge in [0.15, 0.2) is 0 Å². The van der Waals surface area contributed by atoms with E-state index < -0.39 is 15.6 Å². The van der Waals surface area contributed by atoms with E-state index >= 15 is 0 Å². The average Bonchev–Trinajstić information content (AvgIpc) is 2.51. The summed E-state index contributed by atoms with van der Waals surface area (Å²) in [5.74, 6) is -0.303. The van der Waals surface area contributed by atoms with Gasteiger partial charge in [0, 0.05) is 25.3 Å². The van der Waals surface area contributed by atoms with Crippen LogP contribution >= 0.6 is 0 Å². The number of amides is 1. The number of anilines is 1. The number of nitrogens with zero attached hydrogens (tertiary/aromatic N) is 1. The molecule has 8 heteroatoms. The minimum Gasteiger partial charge on any atom is -0.397 e. The number of rotatable bonds is 5. The number of hydrogen-bond acceptors (Lipinski definition) is 4. The van der Waals surface area contributed by atoms with Crippen LogP contribution in [0.25, 0.3) is 0 Å². The highest BCUT2D eigenvalue weighted by Gasteiger charge is 2.23. The second kappa shape index (κ2) is 5.22. The highest BCUT2D eigenvalue weighted by Crippen LogP contribution is 2.09. The van der Waals surface area contributed by atoms with Crippen molar-refractivity contribution in [2.75, 3.05) is 18.5 Å². The molecular weight excluding hydrogens is 268 g/mol.